The number of hydrogen-bond acceptors (Lipinski definition) is 6. The molecule has 1 fully saturated rings. The van der Waals surface area contributed by atoms with Gasteiger partial charge in [0.05, 0.1) is 22.7 Å². The molecule has 3 atom stereocenters. The molecule has 164 valence electrons. The third kappa shape index (κ3) is 4.48. The number of anilines is 1. The average molecular weight is 445 g/mol. The molecule has 1 N–H and O–H groups in total. The van der Waals surface area contributed by atoms with Crippen LogP contribution >= 0.6 is 0 Å². The summed E-state index contributed by atoms with van der Waals surface area (Å²) in [5.74, 6) is -0.994. The first-order chi connectivity index (χ1) is 14.7. The van der Waals surface area contributed by atoms with Crippen molar-refractivity contribution in [2.45, 2.75) is 43.5 Å². The number of esters is 1. The summed E-state index contributed by atoms with van der Waals surface area (Å²) in [4.78, 5) is 24.9. The van der Waals surface area contributed by atoms with Gasteiger partial charge in [-0.3, -0.25) is 4.79 Å². The van der Waals surface area contributed by atoms with E-state index >= 15 is 0 Å². The van der Waals surface area contributed by atoms with Gasteiger partial charge in [0.1, 0.15) is 0 Å². The van der Waals surface area contributed by atoms with E-state index in [-0.39, 0.29) is 23.5 Å². The van der Waals surface area contributed by atoms with Crippen LogP contribution in [-0.4, -0.2) is 56.0 Å². The van der Waals surface area contributed by atoms with E-state index in [0.29, 0.717) is 24.3 Å². The van der Waals surface area contributed by atoms with Crippen molar-refractivity contribution in [3.05, 3.63) is 59.7 Å². The zero-order chi connectivity index (χ0) is 22.2. The van der Waals surface area contributed by atoms with Crippen LogP contribution in [0.2, 0.25) is 0 Å². The summed E-state index contributed by atoms with van der Waals surface area (Å²) < 4.78 is 38.2. The van der Waals surface area contributed by atoms with Crippen molar-refractivity contribution in [3.8, 4) is 0 Å². The van der Waals surface area contributed by atoms with Crippen molar-refractivity contribution in [1.82, 2.24) is 4.31 Å². The molecule has 1 saturated heterocycles. The van der Waals surface area contributed by atoms with Gasteiger partial charge in [-0.1, -0.05) is 18.2 Å². The van der Waals surface area contributed by atoms with Gasteiger partial charge in [0.25, 0.3) is 5.91 Å². The summed E-state index contributed by atoms with van der Waals surface area (Å²) in [6.45, 7) is 4.26. The minimum absolute atomic E-state index is 0.143. The lowest BCUT2D eigenvalue weighted by Crippen LogP contribution is -2.48. The molecule has 31 heavy (non-hydrogen) atoms. The van der Waals surface area contributed by atoms with Gasteiger partial charge in [-0.2, -0.15) is 4.31 Å². The van der Waals surface area contributed by atoms with Crippen LogP contribution < -0.4 is 5.32 Å². The fourth-order valence-corrected chi connectivity index (χ4v) is 5.48. The highest BCUT2D eigenvalue weighted by Gasteiger charge is 2.33. The molecule has 9 heteroatoms. The summed E-state index contributed by atoms with van der Waals surface area (Å²) in [7, 11) is -3.66. The molecular weight excluding hydrogens is 420 g/mol. The molecule has 0 aromatic heterocycles. The van der Waals surface area contributed by atoms with Crippen LogP contribution in [0, 0.1) is 0 Å². The predicted molar refractivity (Wildman–Crippen MR) is 113 cm³/mol. The number of morpholine rings is 1. The van der Waals surface area contributed by atoms with E-state index in [1.165, 1.54) is 28.6 Å². The van der Waals surface area contributed by atoms with E-state index in [9.17, 15) is 18.0 Å². The lowest BCUT2D eigenvalue weighted by atomic mass is 9.98. The Morgan fingerprint density at radius 3 is 2.35 bits per heavy atom. The molecule has 0 aliphatic carbocycles. The maximum Gasteiger partial charge on any atom is 0.339 e. The maximum atomic E-state index is 12.9. The SMILES string of the molecule is CC1CN(S(=O)(=O)c2ccc(NC(=O)C3Cc4ccccc4C(=O)O3)cc2)CC(C)O1. The summed E-state index contributed by atoms with van der Waals surface area (Å²) in [5.41, 5.74) is 1.64. The van der Waals surface area contributed by atoms with Crippen molar-refractivity contribution in [2.24, 2.45) is 0 Å². The number of nitrogens with zero attached hydrogens (tertiary/aromatic N) is 1. The Balaban J connectivity index is 1.44. The third-order valence-corrected chi connectivity index (χ3v) is 7.18. The first-order valence-electron chi connectivity index (χ1n) is 10.1. The molecule has 0 bridgehead atoms. The van der Waals surface area contributed by atoms with Crippen LogP contribution in [0.5, 0.6) is 0 Å². The van der Waals surface area contributed by atoms with E-state index in [1.54, 1.807) is 18.2 Å². The third-order valence-electron chi connectivity index (χ3n) is 5.33. The Labute approximate surface area is 181 Å². The number of rotatable bonds is 4. The molecule has 0 radical (unpaired) electrons. The van der Waals surface area contributed by atoms with Crippen LogP contribution in [0.15, 0.2) is 53.4 Å². The Morgan fingerprint density at radius 1 is 1.03 bits per heavy atom. The fraction of sp³-hybridized carbons (Fsp3) is 0.364. The number of amides is 1. The number of nitrogens with one attached hydrogen (secondary N) is 1. The van der Waals surface area contributed by atoms with E-state index in [0.717, 1.165) is 5.56 Å². The molecule has 2 aromatic rings. The van der Waals surface area contributed by atoms with Crippen molar-refractivity contribution >= 4 is 27.6 Å². The minimum Gasteiger partial charge on any atom is -0.448 e. The number of carbonyl (C=O) groups excluding carboxylic acids is 2. The van der Waals surface area contributed by atoms with E-state index in [2.05, 4.69) is 5.32 Å². The molecule has 2 heterocycles. The van der Waals surface area contributed by atoms with Crippen LogP contribution in [0.4, 0.5) is 5.69 Å². The van der Waals surface area contributed by atoms with Gasteiger partial charge < -0.3 is 14.8 Å². The van der Waals surface area contributed by atoms with Crippen LogP contribution in [0.3, 0.4) is 0 Å². The van der Waals surface area contributed by atoms with E-state index in [4.69, 9.17) is 9.47 Å². The second kappa shape index (κ2) is 8.41. The molecule has 0 spiro atoms. The molecule has 2 aliphatic rings. The molecule has 1 amide bonds. The lowest BCUT2D eigenvalue weighted by molar-refractivity contribution is -0.125. The molecule has 2 aromatic carbocycles. The Bertz CT molecular complexity index is 1090. The number of ether oxygens (including phenoxy) is 2. The normalized spacial score (nSPS) is 24.2. The van der Waals surface area contributed by atoms with Crippen molar-refractivity contribution in [2.75, 3.05) is 18.4 Å². The monoisotopic (exact) mass is 444 g/mol. The van der Waals surface area contributed by atoms with Gasteiger partial charge in [-0.15, -0.1) is 0 Å². The zero-order valence-electron chi connectivity index (χ0n) is 17.3. The van der Waals surface area contributed by atoms with Crippen molar-refractivity contribution < 1.29 is 27.5 Å². The second-order valence-corrected chi connectivity index (χ2v) is 9.79. The molecule has 4 rings (SSSR count). The average Bonchev–Trinajstić information content (AvgIpc) is 2.73. The first kappa shape index (κ1) is 21.5. The highest BCUT2D eigenvalue weighted by atomic mass is 32.2. The largest absolute Gasteiger partial charge is 0.448 e. The maximum absolute atomic E-state index is 12.9. The molecule has 0 saturated carbocycles. The van der Waals surface area contributed by atoms with Crippen LogP contribution in [0.25, 0.3) is 0 Å². The summed E-state index contributed by atoms with van der Waals surface area (Å²) in [6, 6.07) is 13.0. The van der Waals surface area contributed by atoms with Gasteiger partial charge in [-0.05, 0) is 49.7 Å². The van der Waals surface area contributed by atoms with Gasteiger partial charge in [0, 0.05) is 25.2 Å². The number of sulfonamides is 1. The van der Waals surface area contributed by atoms with Crippen molar-refractivity contribution in [3.63, 3.8) is 0 Å². The highest BCUT2D eigenvalue weighted by Crippen LogP contribution is 2.24. The molecular formula is C22H24N2O6S. The first-order valence-corrected chi connectivity index (χ1v) is 11.5. The quantitative estimate of drug-likeness (QED) is 0.726. The lowest BCUT2D eigenvalue weighted by Gasteiger charge is -2.34. The summed E-state index contributed by atoms with van der Waals surface area (Å²) >= 11 is 0. The van der Waals surface area contributed by atoms with E-state index in [1.807, 2.05) is 19.9 Å². The second-order valence-electron chi connectivity index (χ2n) is 7.85. The van der Waals surface area contributed by atoms with Crippen molar-refractivity contribution in [1.29, 1.82) is 0 Å². The Morgan fingerprint density at radius 2 is 1.68 bits per heavy atom. The number of benzene rings is 2. The number of carbonyl (C=O) groups is 2. The van der Waals surface area contributed by atoms with Crippen LogP contribution in [0.1, 0.15) is 29.8 Å². The smallest absolute Gasteiger partial charge is 0.339 e. The van der Waals surface area contributed by atoms with Crippen LogP contribution in [-0.2, 0) is 30.7 Å². The predicted octanol–water partition coefficient (Wildman–Crippen LogP) is 2.20. The van der Waals surface area contributed by atoms with Gasteiger partial charge in [-0.25, -0.2) is 13.2 Å². The fourth-order valence-electron chi connectivity index (χ4n) is 3.89. The molecule has 8 nitrogen and oxygen atoms in total. The standard InChI is InChI=1S/C22H24N2O6S/c1-14-12-24(13-15(2)29-14)31(27,28)18-9-7-17(8-10-18)23-21(25)20-11-16-5-3-4-6-19(16)22(26)30-20/h3-10,14-15,20H,11-13H2,1-2H3,(H,23,25). The topological polar surface area (TPSA) is 102 Å². The highest BCUT2D eigenvalue weighted by molar-refractivity contribution is 7.89. The molecule has 2 aliphatic heterocycles. The van der Waals surface area contributed by atoms with E-state index < -0.39 is 28.0 Å². The van der Waals surface area contributed by atoms with Gasteiger partial charge >= 0.3 is 5.97 Å². The Hall–Kier alpha value is -2.75. The minimum atomic E-state index is -3.66. The Kier molecular flexibility index (Phi) is 5.83. The van der Waals surface area contributed by atoms with Gasteiger partial charge in [0.15, 0.2) is 6.10 Å². The number of fused-ring (bicyclic) bond motifs is 1. The molecule has 3 unspecified atom stereocenters. The summed E-state index contributed by atoms with van der Waals surface area (Å²) in [6.07, 6.45) is -1.02. The van der Waals surface area contributed by atoms with Gasteiger partial charge in [0.2, 0.25) is 10.0 Å². The number of hydrogen-bond donors (Lipinski definition) is 1. The zero-order valence-corrected chi connectivity index (χ0v) is 18.1. The summed E-state index contributed by atoms with van der Waals surface area (Å²) in [5, 5.41) is 2.69. The number of cyclic esters (lactones) is 1.